The molecule has 0 atom stereocenters. The zero-order valence-corrected chi connectivity index (χ0v) is 24.2. The van der Waals surface area contributed by atoms with Crippen LogP contribution < -0.4 is 0 Å². The molecule has 1 nitrogen and oxygen atoms in total. The average Bonchev–Trinajstić information content (AvgIpc) is 3.53. The van der Waals surface area contributed by atoms with Gasteiger partial charge in [0.1, 0.15) is 11.2 Å². The maximum absolute atomic E-state index is 8.64. The Morgan fingerprint density at radius 3 is 1.64 bits per heavy atom. The molecule has 8 aromatic carbocycles. The smallest absolute Gasteiger partial charge is 0.136 e. The molecule has 9 aromatic rings. The summed E-state index contributed by atoms with van der Waals surface area (Å²) in [7, 11) is 0. The summed E-state index contributed by atoms with van der Waals surface area (Å²) in [5.41, 5.74) is 8.74. The molecule has 0 N–H and O–H groups in total. The molecule has 0 spiro atoms. The predicted molar refractivity (Wildman–Crippen MR) is 190 cm³/mol. The summed E-state index contributed by atoms with van der Waals surface area (Å²) >= 11 is 0. The van der Waals surface area contributed by atoms with Crippen LogP contribution in [0.3, 0.4) is 0 Å². The van der Waals surface area contributed by atoms with Crippen LogP contribution in [0.1, 0.15) is 6.85 Å². The molecule has 1 heterocycles. The third kappa shape index (κ3) is 4.17. The fourth-order valence-electron chi connectivity index (χ4n) is 6.79. The lowest BCUT2D eigenvalue weighted by atomic mass is 9.83. The molecule has 0 unspecified atom stereocenters. The first-order valence-corrected chi connectivity index (χ1v) is 15.0. The van der Waals surface area contributed by atoms with E-state index in [0.717, 1.165) is 76.9 Å². The Morgan fingerprint density at radius 2 is 0.933 bits per heavy atom. The van der Waals surface area contributed by atoms with Gasteiger partial charge in [0.25, 0.3) is 0 Å². The summed E-state index contributed by atoms with van der Waals surface area (Å²) in [6.07, 6.45) is 0. The minimum Gasteiger partial charge on any atom is -0.456 e. The molecule has 0 bridgehead atoms. The van der Waals surface area contributed by atoms with Gasteiger partial charge >= 0.3 is 0 Å². The first-order valence-electron chi connectivity index (χ1n) is 17.5. The van der Waals surface area contributed by atoms with Gasteiger partial charge in [-0.1, -0.05) is 145 Å². The van der Waals surface area contributed by atoms with Gasteiger partial charge in [-0.2, -0.15) is 0 Å². The lowest BCUT2D eigenvalue weighted by Crippen LogP contribution is -1.93. The highest BCUT2D eigenvalue weighted by atomic mass is 16.3. The van der Waals surface area contributed by atoms with E-state index in [1.807, 2.05) is 48.5 Å². The fraction of sp³-hybridized carbons (Fsp3) is 0. The molecular formula is C44H28O. The Hall–Kier alpha value is -5.92. The number of hydrogen-bond acceptors (Lipinski definition) is 1. The van der Waals surface area contributed by atoms with Gasteiger partial charge in [-0.3, -0.25) is 0 Å². The highest BCUT2D eigenvalue weighted by molar-refractivity contribution is 6.23. The molecular weight excluding hydrogens is 544 g/mol. The van der Waals surface area contributed by atoms with Crippen molar-refractivity contribution < 1.29 is 11.3 Å². The van der Waals surface area contributed by atoms with Crippen LogP contribution in [0.15, 0.2) is 174 Å². The molecule has 0 fully saturated rings. The van der Waals surface area contributed by atoms with Crippen molar-refractivity contribution in [3.8, 4) is 44.5 Å². The fourth-order valence-corrected chi connectivity index (χ4v) is 6.79. The van der Waals surface area contributed by atoms with Crippen LogP contribution in [-0.4, -0.2) is 0 Å². The molecule has 0 amide bonds. The number of hydrogen-bond donors (Lipinski definition) is 0. The second-order valence-electron chi connectivity index (χ2n) is 11.3. The number of para-hydroxylation sites is 1. The Kier molecular flexibility index (Phi) is 4.81. The van der Waals surface area contributed by atoms with Crippen molar-refractivity contribution in [2.75, 3.05) is 0 Å². The predicted octanol–water partition coefficient (Wildman–Crippen LogP) is 12.6. The van der Waals surface area contributed by atoms with Crippen LogP contribution >= 0.6 is 0 Å². The van der Waals surface area contributed by atoms with Crippen molar-refractivity contribution >= 4 is 43.5 Å². The highest BCUT2D eigenvalue weighted by Crippen LogP contribution is 2.48. The molecule has 0 radical (unpaired) electrons. The Labute approximate surface area is 268 Å². The van der Waals surface area contributed by atoms with Crippen molar-refractivity contribution in [1.82, 2.24) is 0 Å². The van der Waals surface area contributed by atoms with Gasteiger partial charge in [0.15, 0.2) is 0 Å². The molecule has 1 aromatic heterocycles. The molecule has 9 rings (SSSR count). The zero-order chi connectivity index (χ0) is 34.1. The zero-order valence-electron chi connectivity index (χ0n) is 29.2. The maximum atomic E-state index is 8.64. The standard InChI is InChI=1S/C44H28O/c1-3-14-29(15-4-1)31-18-13-19-32(26-31)43-34-21-7-9-23-36(34)44(37-24-10-8-22-35(37)43)40-27-39-33-20-11-12-25-41(33)45-42(39)28-38(40)30-16-5-2-6-17-30/h1-28H/i1D,3D,4D,14D,15D. The van der Waals surface area contributed by atoms with E-state index >= 15 is 0 Å². The minimum absolute atomic E-state index is 0.191. The van der Waals surface area contributed by atoms with E-state index in [9.17, 15) is 0 Å². The first kappa shape index (κ1) is 20.9. The monoisotopic (exact) mass is 577 g/mol. The molecule has 0 aliphatic heterocycles. The van der Waals surface area contributed by atoms with Crippen molar-refractivity contribution in [2.45, 2.75) is 0 Å². The van der Waals surface area contributed by atoms with E-state index in [2.05, 4.69) is 91.0 Å². The van der Waals surface area contributed by atoms with Crippen molar-refractivity contribution in [2.24, 2.45) is 0 Å². The SMILES string of the molecule is [2H]c1c([2H])c([2H])c(-c2cccc(-c3c4ccccc4c(-c4cc5c(cc4-c4ccccc4)oc4ccccc45)c4ccccc34)c2)c([2H])c1[2H]. The van der Waals surface area contributed by atoms with Gasteiger partial charge in [-0.05, 0) is 90.3 Å². The summed E-state index contributed by atoms with van der Waals surface area (Å²) in [5.74, 6) is 0. The molecule has 1 heteroatoms. The van der Waals surface area contributed by atoms with Gasteiger partial charge in [0.05, 0.1) is 6.85 Å². The Morgan fingerprint density at radius 1 is 0.356 bits per heavy atom. The molecule has 0 saturated heterocycles. The quantitative estimate of drug-likeness (QED) is 0.190. The Balaban J connectivity index is 1.38. The van der Waals surface area contributed by atoms with E-state index in [0.29, 0.717) is 5.56 Å². The van der Waals surface area contributed by atoms with Crippen LogP contribution in [-0.2, 0) is 0 Å². The Bertz CT molecular complexity index is 2730. The van der Waals surface area contributed by atoms with Gasteiger partial charge in [-0.25, -0.2) is 0 Å². The lowest BCUT2D eigenvalue weighted by Gasteiger charge is -2.20. The van der Waals surface area contributed by atoms with Crippen LogP contribution in [0.25, 0.3) is 88.0 Å². The number of furan rings is 1. The molecule has 0 aliphatic carbocycles. The summed E-state index contributed by atoms with van der Waals surface area (Å²) in [4.78, 5) is 0. The third-order valence-electron chi connectivity index (χ3n) is 8.74. The third-order valence-corrected chi connectivity index (χ3v) is 8.74. The molecule has 210 valence electrons. The number of benzene rings is 8. The summed E-state index contributed by atoms with van der Waals surface area (Å²) in [6.45, 7) is 0. The first-order chi connectivity index (χ1) is 24.4. The van der Waals surface area contributed by atoms with Crippen molar-refractivity contribution in [3.05, 3.63) is 170 Å². The second kappa shape index (κ2) is 10.4. The van der Waals surface area contributed by atoms with Gasteiger partial charge < -0.3 is 4.42 Å². The van der Waals surface area contributed by atoms with Crippen LogP contribution in [0.5, 0.6) is 0 Å². The van der Waals surface area contributed by atoms with Crippen LogP contribution in [0.2, 0.25) is 0 Å². The average molecular weight is 578 g/mol. The minimum atomic E-state index is -0.399. The number of fused-ring (bicyclic) bond motifs is 5. The number of rotatable bonds is 4. The summed E-state index contributed by atoms with van der Waals surface area (Å²) in [6, 6.07) is 46.1. The van der Waals surface area contributed by atoms with Crippen molar-refractivity contribution in [3.63, 3.8) is 0 Å². The van der Waals surface area contributed by atoms with Crippen LogP contribution in [0, 0.1) is 0 Å². The van der Waals surface area contributed by atoms with Crippen molar-refractivity contribution in [1.29, 1.82) is 0 Å². The van der Waals surface area contributed by atoms with E-state index in [4.69, 9.17) is 11.3 Å². The molecule has 0 aliphatic rings. The molecule has 0 saturated carbocycles. The van der Waals surface area contributed by atoms with E-state index in [-0.39, 0.29) is 29.7 Å². The lowest BCUT2D eigenvalue weighted by molar-refractivity contribution is 0.669. The van der Waals surface area contributed by atoms with Crippen LogP contribution in [0.4, 0.5) is 0 Å². The normalized spacial score (nSPS) is 13.1. The maximum Gasteiger partial charge on any atom is 0.136 e. The van der Waals surface area contributed by atoms with Gasteiger partial charge in [0.2, 0.25) is 0 Å². The largest absolute Gasteiger partial charge is 0.456 e. The van der Waals surface area contributed by atoms with E-state index in [1.165, 1.54) is 0 Å². The highest BCUT2D eigenvalue weighted by Gasteiger charge is 2.21. The topological polar surface area (TPSA) is 13.1 Å². The molecule has 45 heavy (non-hydrogen) atoms. The van der Waals surface area contributed by atoms with E-state index < -0.39 is 6.04 Å². The summed E-state index contributed by atoms with van der Waals surface area (Å²) in [5, 5.41) is 6.39. The van der Waals surface area contributed by atoms with Gasteiger partial charge in [0, 0.05) is 10.8 Å². The van der Waals surface area contributed by atoms with Gasteiger partial charge in [-0.15, -0.1) is 0 Å². The summed E-state index contributed by atoms with van der Waals surface area (Å²) < 4.78 is 48.3. The second-order valence-corrected chi connectivity index (χ2v) is 11.3. The van der Waals surface area contributed by atoms with E-state index in [1.54, 1.807) is 0 Å².